The van der Waals surface area contributed by atoms with Gasteiger partial charge in [-0.25, -0.2) is 0 Å². The average Bonchev–Trinajstić information content (AvgIpc) is 3.48. The molecule has 0 atom stereocenters. The molecule has 0 amide bonds. The fraction of sp³-hybridized carbons (Fsp3) is 0.164. The number of nitrogens with one attached hydrogen (secondary N) is 1. The van der Waals surface area contributed by atoms with Gasteiger partial charge in [-0.1, -0.05) is 168 Å². The van der Waals surface area contributed by atoms with Crippen LogP contribution in [-0.4, -0.2) is 0 Å². The summed E-state index contributed by atoms with van der Waals surface area (Å²) in [4.78, 5) is 3.36. The summed E-state index contributed by atoms with van der Waals surface area (Å²) in [5.74, 6) is 0. The van der Waals surface area contributed by atoms with Crippen LogP contribution in [0.5, 0.6) is 0 Å². The van der Waals surface area contributed by atoms with Crippen molar-refractivity contribution < 1.29 is 0 Å². The molecule has 0 saturated heterocycles. The molecule has 286 valence electrons. The Hall–Kier alpha value is -6.03. The van der Waals surface area contributed by atoms with Crippen molar-refractivity contribution in [3.63, 3.8) is 0 Å². The van der Waals surface area contributed by atoms with E-state index in [0.29, 0.717) is 0 Å². The van der Waals surface area contributed by atoms with Crippen molar-refractivity contribution in [2.45, 2.75) is 63.2 Å². The van der Waals surface area contributed by atoms with E-state index in [2.05, 4.69) is 221 Å². The molecule has 3 heteroatoms. The fourth-order valence-electron chi connectivity index (χ4n) is 8.93. The first-order valence-electron chi connectivity index (χ1n) is 20.5. The van der Waals surface area contributed by atoms with E-state index in [4.69, 9.17) is 12.6 Å². The molecule has 0 aromatic heterocycles. The monoisotopic (exact) mass is 770 g/mol. The molecule has 58 heavy (non-hydrogen) atoms. The standard InChI is InChI=1S/C55H50N2S/c1-54(2,3)39-30-35-45-47(36-39)55(4,5)46-25-16-24-44(53(45)46)43-23-13-15-27-49(43)57(50-28-17-29-51(58)52(50)38-20-10-7-11-21-38)41-33-31-40(32-34-41)56-48-26-14-12-22-42(48)37-18-8-6-9-19-37/h6-11,13,15-36,56,58H,12,14H2,1-5H3. The zero-order valence-corrected chi connectivity index (χ0v) is 34.9. The van der Waals surface area contributed by atoms with Crippen LogP contribution in [0.2, 0.25) is 0 Å². The second kappa shape index (κ2) is 15.0. The minimum absolute atomic E-state index is 0.0626. The van der Waals surface area contributed by atoms with Gasteiger partial charge in [-0.2, -0.15) is 0 Å². The molecule has 0 spiro atoms. The Balaban J connectivity index is 1.20. The smallest absolute Gasteiger partial charge is 0.0551 e. The number of allylic oxidation sites excluding steroid dienone is 3. The van der Waals surface area contributed by atoms with Gasteiger partial charge in [0.05, 0.1) is 11.4 Å². The van der Waals surface area contributed by atoms with Crippen molar-refractivity contribution in [1.82, 2.24) is 0 Å². The van der Waals surface area contributed by atoms with E-state index < -0.39 is 0 Å². The van der Waals surface area contributed by atoms with Gasteiger partial charge in [-0.3, -0.25) is 0 Å². The van der Waals surface area contributed by atoms with Crippen molar-refractivity contribution in [2.75, 3.05) is 10.2 Å². The topological polar surface area (TPSA) is 15.3 Å². The SMILES string of the molecule is CC(C)(C)c1ccc2c(c1)C(C)(C)c1cccc(-c3ccccc3N(c3ccc(NC4=CCCC=C4c4ccccc4)cc3)c3cccc(S)c3-c3ccccc3)c1-2. The van der Waals surface area contributed by atoms with Crippen molar-refractivity contribution in [3.8, 4) is 33.4 Å². The molecule has 0 saturated carbocycles. The van der Waals surface area contributed by atoms with E-state index >= 15 is 0 Å². The molecule has 2 aliphatic carbocycles. The van der Waals surface area contributed by atoms with Gasteiger partial charge in [0.25, 0.3) is 0 Å². The Morgan fingerprint density at radius 3 is 1.93 bits per heavy atom. The van der Waals surface area contributed by atoms with E-state index in [1.165, 1.54) is 50.1 Å². The van der Waals surface area contributed by atoms with Crippen molar-refractivity contribution in [3.05, 3.63) is 204 Å². The summed E-state index contributed by atoms with van der Waals surface area (Å²) >= 11 is 5.11. The molecular weight excluding hydrogens is 721 g/mol. The Morgan fingerprint density at radius 1 is 0.552 bits per heavy atom. The van der Waals surface area contributed by atoms with Crippen LogP contribution in [0, 0.1) is 0 Å². The lowest BCUT2D eigenvalue weighted by molar-refractivity contribution is 0.584. The molecule has 2 nitrogen and oxygen atoms in total. The highest BCUT2D eigenvalue weighted by atomic mass is 32.1. The van der Waals surface area contributed by atoms with E-state index in [9.17, 15) is 0 Å². The van der Waals surface area contributed by atoms with Crippen LogP contribution in [-0.2, 0) is 10.8 Å². The van der Waals surface area contributed by atoms with E-state index in [-0.39, 0.29) is 10.8 Å². The number of hydrogen-bond acceptors (Lipinski definition) is 3. The second-order valence-corrected chi connectivity index (χ2v) is 17.6. The number of anilines is 4. The highest BCUT2D eigenvalue weighted by Gasteiger charge is 2.38. The number of rotatable bonds is 8. The van der Waals surface area contributed by atoms with Gasteiger partial charge < -0.3 is 10.2 Å². The third-order valence-corrected chi connectivity index (χ3v) is 12.3. The first-order chi connectivity index (χ1) is 28.1. The average molecular weight is 771 g/mol. The van der Waals surface area contributed by atoms with Crippen LogP contribution < -0.4 is 10.2 Å². The molecule has 9 rings (SSSR count). The van der Waals surface area contributed by atoms with Gasteiger partial charge in [-0.15, -0.1) is 12.6 Å². The molecule has 0 bridgehead atoms. The molecule has 7 aromatic rings. The number of hydrogen-bond donors (Lipinski definition) is 2. The molecule has 2 aliphatic rings. The molecular formula is C55H50N2S. The normalized spacial score (nSPS) is 14.2. The summed E-state index contributed by atoms with van der Waals surface area (Å²) in [6.07, 6.45) is 6.74. The van der Waals surface area contributed by atoms with Crippen molar-refractivity contribution in [1.29, 1.82) is 0 Å². The predicted octanol–water partition coefficient (Wildman–Crippen LogP) is 15.6. The number of benzene rings is 7. The molecule has 0 fully saturated rings. The first-order valence-corrected chi connectivity index (χ1v) is 20.9. The molecule has 1 N–H and O–H groups in total. The highest BCUT2D eigenvalue weighted by molar-refractivity contribution is 7.80. The summed E-state index contributed by atoms with van der Waals surface area (Å²) in [7, 11) is 0. The maximum Gasteiger partial charge on any atom is 0.0551 e. The first kappa shape index (κ1) is 37.5. The Kier molecular flexibility index (Phi) is 9.74. The highest BCUT2D eigenvalue weighted by Crippen LogP contribution is 2.55. The summed E-state index contributed by atoms with van der Waals surface area (Å²) < 4.78 is 0. The number of thiol groups is 1. The number of nitrogens with zero attached hydrogens (tertiary/aromatic N) is 1. The van der Waals surface area contributed by atoms with Crippen molar-refractivity contribution >= 4 is 41.0 Å². The van der Waals surface area contributed by atoms with E-state index in [1.807, 2.05) is 0 Å². The van der Waals surface area contributed by atoms with Gasteiger partial charge in [0.15, 0.2) is 0 Å². The van der Waals surface area contributed by atoms with Gasteiger partial charge in [-0.05, 0) is 105 Å². The third kappa shape index (κ3) is 6.78. The largest absolute Gasteiger partial charge is 0.355 e. The van der Waals surface area contributed by atoms with Gasteiger partial charge in [0.1, 0.15) is 0 Å². The quantitative estimate of drug-likeness (QED) is 0.150. The van der Waals surface area contributed by atoms with E-state index in [0.717, 1.165) is 57.3 Å². The fourth-order valence-corrected chi connectivity index (χ4v) is 9.26. The Morgan fingerprint density at radius 2 is 1.19 bits per heavy atom. The van der Waals surface area contributed by atoms with Crippen LogP contribution in [0.15, 0.2) is 187 Å². The minimum Gasteiger partial charge on any atom is -0.355 e. The summed E-state index contributed by atoms with van der Waals surface area (Å²) in [5, 5.41) is 3.78. The van der Waals surface area contributed by atoms with Gasteiger partial charge in [0.2, 0.25) is 0 Å². The summed E-state index contributed by atoms with van der Waals surface area (Å²) in [5.41, 5.74) is 19.2. The van der Waals surface area contributed by atoms with E-state index in [1.54, 1.807) is 0 Å². The lowest BCUT2D eigenvalue weighted by Gasteiger charge is -2.31. The van der Waals surface area contributed by atoms with Crippen LogP contribution >= 0.6 is 12.6 Å². The second-order valence-electron chi connectivity index (χ2n) is 17.1. The maximum absolute atomic E-state index is 5.11. The molecule has 0 radical (unpaired) electrons. The number of para-hydroxylation sites is 1. The molecule has 0 aliphatic heterocycles. The molecule has 7 aromatic carbocycles. The third-order valence-electron chi connectivity index (χ3n) is 12.0. The maximum atomic E-state index is 5.11. The van der Waals surface area contributed by atoms with Crippen LogP contribution in [0.1, 0.15) is 69.7 Å². The summed E-state index contributed by atoms with van der Waals surface area (Å²) in [6, 6.07) is 59.6. The lowest BCUT2D eigenvalue weighted by Crippen LogP contribution is -2.17. The van der Waals surface area contributed by atoms with Gasteiger partial charge in [0, 0.05) is 44.1 Å². The molecule has 0 unspecified atom stereocenters. The number of fused-ring (bicyclic) bond motifs is 3. The lowest BCUT2D eigenvalue weighted by atomic mass is 9.79. The zero-order valence-electron chi connectivity index (χ0n) is 34.1. The minimum atomic E-state index is -0.135. The van der Waals surface area contributed by atoms with Crippen LogP contribution in [0.4, 0.5) is 22.7 Å². The van der Waals surface area contributed by atoms with Crippen molar-refractivity contribution in [2.24, 2.45) is 0 Å². The predicted molar refractivity (Wildman–Crippen MR) is 251 cm³/mol. The van der Waals surface area contributed by atoms with Crippen LogP contribution in [0.25, 0.3) is 39.0 Å². The van der Waals surface area contributed by atoms with Gasteiger partial charge >= 0.3 is 0 Å². The zero-order chi connectivity index (χ0) is 40.0. The van der Waals surface area contributed by atoms with Crippen LogP contribution in [0.3, 0.4) is 0 Å². The summed E-state index contributed by atoms with van der Waals surface area (Å²) in [6.45, 7) is 11.7. The molecule has 0 heterocycles. The Bertz CT molecular complexity index is 2700. The Labute approximate surface area is 350 Å².